The third-order valence-electron chi connectivity index (χ3n) is 1.99. The quantitative estimate of drug-likeness (QED) is 0.735. The third kappa shape index (κ3) is 1.31. The maximum absolute atomic E-state index is 9.60. The first kappa shape index (κ1) is 8.31. The van der Waals surface area contributed by atoms with E-state index in [0.29, 0.717) is 13.0 Å². The number of fused-ring (bicyclic) bond motifs is 1. The van der Waals surface area contributed by atoms with E-state index >= 15 is 0 Å². The summed E-state index contributed by atoms with van der Waals surface area (Å²) in [4.78, 5) is 0. The Bertz CT molecular complexity index is 299. The Morgan fingerprint density at radius 3 is 3.08 bits per heavy atom. The lowest BCUT2D eigenvalue weighted by molar-refractivity contribution is 0.115. The van der Waals surface area contributed by atoms with Gasteiger partial charge >= 0.3 is 0 Å². The van der Waals surface area contributed by atoms with Crippen molar-refractivity contribution in [1.82, 2.24) is 0 Å². The van der Waals surface area contributed by atoms with Crippen molar-refractivity contribution in [2.75, 3.05) is 6.61 Å². The molecule has 2 rings (SSSR count). The van der Waals surface area contributed by atoms with Crippen LogP contribution in [-0.2, 0) is 0 Å². The van der Waals surface area contributed by atoms with Crippen LogP contribution in [0, 0.1) is 3.57 Å². The molecule has 64 valence electrons. The van der Waals surface area contributed by atoms with Gasteiger partial charge in [0, 0.05) is 12.0 Å². The van der Waals surface area contributed by atoms with Crippen molar-refractivity contribution >= 4 is 22.6 Å². The molecule has 0 bridgehead atoms. The highest BCUT2D eigenvalue weighted by Crippen LogP contribution is 2.35. The molecule has 12 heavy (non-hydrogen) atoms. The second kappa shape index (κ2) is 3.22. The normalized spacial score (nSPS) is 21.3. The highest BCUT2D eigenvalue weighted by atomic mass is 127. The van der Waals surface area contributed by atoms with E-state index in [1.165, 1.54) is 0 Å². The number of ether oxygens (including phenoxy) is 1. The molecule has 0 spiro atoms. The van der Waals surface area contributed by atoms with E-state index in [9.17, 15) is 5.11 Å². The Balaban J connectivity index is 2.52. The zero-order valence-electron chi connectivity index (χ0n) is 6.46. The topological polar surface area (TPSA) is 29.5 Å². The van der Waals surface area contributed by atoms with E-state index in [1.54, 1.807) is 0 Å². The molecule has 0 aromatic heterocycles. The van der Waals surface area contributed by atoms with Crippen LogP contribution in [0.4, 0.5) is 0 Å². The maximum atomic E-state index is 9.60. The van der Waals surface area contributed by atoms with Gasteiger partial charge < -0.3 is 9.84 Å². The zero-order chi connectivity index (χ0) is 8.55. The molecule has 1 aliphatic rings. The lowest BCUT2D eigenvalue weighted by atomic mass is 10.0. The van der Waals surface area contributed by atoms with Gasteiger partial charge in [-0.3, -0.25) is 0 Å². The van der Waals surface area contributed by atoms with Gasteiger partial charge in [-0.2, -0.15) is 0 Å². The molecule has 1 atom stereocenters. The average Bonchev–Trinajstić information content (AvgIpc) is 2.07. The minimum atomic E-state index is -0.344. The summed E-state index contributed by atoms with van der Waals surface area (Å²) in [6, 6.07) is 5.84. The maximum Gasteiger partial charge on any atom is 0.138 e. The minimum Gasteiger partial charge on any atom is -0.492 e. The summed E-state index contributed by atoms with van der Waals surface area (Å²) in [6.45, 7) is 0.619. The van der Waals surface area contributed by atoms with Gasteiger partial charge in [0.2, 0.25) is 0 Å². The highest BCUT2D eigenvalue weighted by molar-refractivity contribution is 14.1. The van der Waals surface area contributed by atoms with Crippen LogP contribution in [0.2, 0.25) is 0 Å². The number of para-hydroxylation sites is 1. The predicted molar refractivity (Wildman–Crippen MR) is 54.2 cm³/mol. The summed E-state index contributed by atoms with van der Waals surface area (Å²) in [5.41, 5.74) is 0.924. The summed E-state index contributed by atoms with van der Waals surface area (Å²) in [5, 5.41) is 9.60. The van der Waals surface area contributed by atoms with Crippen molar-refractivity contribution in [3.05, 3.63) is 27.3 Å². The van der Waals surface area contributed by atoms with Crippen LogP contribution >= 0.6 is 22.6 Å². The Kier molecular flexibility index (Phi) is 2.23. The van der Waals surface area contributed by atoms with Crippen molar-refractivity contribution in [3.8, 4) is 5.75 Å². The highest BCUT2D eigenvalue weighted by Gasteiger charge is 2.20. The molecular formula is C9H9IO2. The summed E-state index contributed by atoms with van der Waals surface area (Å²) in [5.74, 6) is 0.858. The van der Waals surface area contributed by atoms with E-state index in [2.05, 4.69) is 22.6 Å². The van der Waals surface area contributed by atoms with Gasteiger partial charge in [0.25, 0.3) is 0 Å². The summed E-state index contributed by atoms with van der Waals surface area (Å²) in [7, 11) is 0. The summed E-state index contributed by atoms with van der Waals surface area (Å²) in [6.07, 6.45) is 0.357. The molecule has 0 saturated heterocycles. The molecule has 1 aliphatic heterocycles. The van der Waals surface area contributed by atoms with Gasteiger partial charge in [-0.1, -0.05) is 12.1 Å². The Labute approximate surface area is 84.7 Å². The van der Waals surface area contributed by atoms with Crippen molar-refractivity contribution in [3.63, 3.8) is 0 Å². The van der Waals surface area contributed by atoms with E-state index in [0.717, 1.165) is 14.9 Å². The predicted octanol–water partition coefficient (Wildman–Crippen LogP) is 2.11. The molecule has 1 N–H and O–H groups in total. The van der Waals surface area contributed by atoms with Gasteiger partial charge in [-0.25, -0.2) is 0 Å². The van der Waals surface area contributed by atoms with E-state index in [-0.39, 0.29) is 6.10 Å². The van der Waals surface area contributed by atoms with Crippen molar-refractivity contribution in [2.45, 2.75) is 12.5 Å². The monoisotopic (exact) mass is 276 g/mol. The fourth-order valence-electron chi connectivity index (χ4n) is 1.37. The van der Waals surface area contributed by atoms with Crippen LogP contribution < -0.4 is 4.74 Å². The van der Waals surface area contributed by atoms with Gasteiger partial charge in [-0.05, 0) is 28.7 Å². The number of hydrogen-bond donors (Lipinski definition) is 1. The van der Waals surface area contributed by atoms with Gasteiger partial charge in [-0.15, -0.1) is 0 Å². The van der Waals surface area contributed by atoms with Gasteiger partial charge in [0.15, 0.2) is 0 Å². The second-order valence-electron chi connectivity index (χ2n) is 2.81. The molecular weight excluding hydrogens is 267 g/mol. The molecule has 1 heterocycles. The molecule has 1 aromatic rings. The Hall–Kier alpha value is -0.290. The number of rotatable bonds is 0. The standard InChI is InChI=1S/C9H9IO2/c10-7-3-1-2-6-8(11)4-5-12-9(6)7/h1-3,8,11H,4-5H2/t8-/m0/s1. The van der Waals surface area contributed by atoms with E-state index in [4.69, 9.17) is 4.74 Å². The Morgan fingerprint density at radius 2 is 2.33 bits per heavy atom. The first-order valence-corrected chi connectivity index (χ1v) is 4.96. The van der Waals surface area contributed by atoms with Crippen LogP contribution in [0.5, 0.6) is 5.75 Å². The van der Waals surface area contributed by atoms with E-state index < -0.39 is 0 Å². The second-order valence-corrected chi connectivity index (χ2v) is 3.97. The van der Waals surface area contributed by atoms with Crippen LogP contribution in [0.15, 0.2) is 18.2 Å². The molecule has 0 unspecified atom stereocenters. The van der Waals surface area contributed by atoms with Gasteiger partial charge in [0.1, 0.15) is 5.75 Å². The number of hydrogen-bond acceptors (Lipinski definition) is 2. The molecule has 2 nitrogen and oxygen atoms in total. The van der Waals surface area contributed by atoms with Crippen LogP contribution in [0.3, 0.4) is 0 Å². The smallest absolute Gasteiger partial charge is 0.138 e. The van der Waals surface area contributed by atoms with Crippen molar-refractivity contribution in [2.24, 2.45) is 0 Å². The SMILES string of the molecule is O[C@H]1CCOc2c(I)cccc21. The molecule has 0 fully saturated rings. The lowest BCUT2D eigenvalue weighted by Crippen LogP contribution is -2.14. The molecule has 0 saturated carbocycles. The van der Waals surface area contributed by atoms with Crippen LogP contribution in [0.25, 0.3) is 0 Å². The Morgan fingerprint density at radius 1 is 1.50 bits per heavy atom. The lowest BCUT2D eigenvalue weighted by Gasteiger charge is -2.22. The third-order valence-corrected chi connectivity index (χ3v) is 2.84. The fourth-order valence-corrected chi connectivity index (χ4v) is 2.04. The summed E-state index contributed by atoms with van der Waals surface area (Å²) >= 11 is 2.22. The largest absolute Gasteiger partial charge is 0.492 e. The minimum absolute atomic E-state index is 0.344. The molecule has 3 heteroatoms. The fraction of sp³-hybridized carbons (Fsp3) is 0.333. The number of halogens is 1. The van der Waals surface area contributed by atoms with Crippen molar-refractivity contribution < 1.29 is 9.84 Å². The van der Waals surface area contributed by atoms with Gasteiger partial charge in [0.05, 0.1) is 16.3 Å². The zero-order valence-corrected chi connectivity index (χ0v) is 8.61. The molecule has 0 aliphatic carbocycles. The molecule has 0 amide bonds. The number of aliphatic hydroxyl groups is 1. The summed E-state index contributed by atoms with van der Waals surface area (Å²) < 4.78 is 6.53. The molecule has 1 aromatic carbocycles. The van der Waals surface area contributed by atoms with Crippen LogP contribution in [-0.4, -0.2) is 11.7 Å². The van der Waals surface area contributed by atoms with E-state index in [1.807, 2.05) is 18.2 Å². The first-order valence-electron chi connectivity index (χ1n) is 3.88. The average molecular weight is 276 g/mol. The van der Waals surface area contributed by atoms with Crippen molar-refractivity contribution in [1.29, 1.82) is 0 Å². The van der Waals surface area contributed by atoms with Crippen LogP contribution in [0.1, 0.15) is 18.1 Å². The number of aliphatic hydroxyl groups excluding tert-OH is 1. The first-order chi connectivity index (χ1) is 5.79. The number of benzene rings is 1. The molecule has 0 radical (unpaired) electrons.